The minimum Gasteiger partial charge on any atom is -0.494 e. The number of fused-ring (bicyclic) bond motifs is 1. The summed E-state index contributed by atoms with van der Waals surface area (Å²) in [6.45, 7) is 3.79. The van der Waals surface area contributed by atoms with Gasteiger partial charge >= 0.3 is 5.97 Å². The molecule has 2 aromatic carbocycles. The Labute approximate surface area is 180 Å². The molecule has 0 saturated heterocycles. The van der Waals surface area contributed by atoms with Gasteiger partial charge in [0.25, 0.3) is 5.91 Å². The molecule has 0 radical (unpaired) electrons. The van der Waals surface area contributed by atoms with E-state index in [0.29, 0.717) is 23.7 Å². The molecule has 1 N–H and O–H groups in total. The van der Waals surface area contributed by atoms with Crippen LogP contribution in [-0.2, 0) is 14.3 Å². The van der Waals surface area contributed by atoms with Gasteiger partial charge in [-0.15, -0.1) is 0 Å². The molecule has 162 valence electrons. The van der Waals surface area contributed by atoms with E-state index in [4.69, 9.17) is 13.9 Å². The van der Waals surface area contributed by atoms with E-state index in [1.807, 2.05) is 37.3 Å². The molecule has 0 spiro atoms. The second kappa shape index (κ2) is 10.4. The van der Waals surface area contributed by atoms with Gasteiger partial charge in [0.15, 0.2) is 12.4 Å². The van der Waals surface area contributed by atoms with Gasteiger partial charge in [0, 0.05) is 17.4 Å². The summed E-state index contributed by atoms with van der Waals surface area (Å²) in [6, 6.07) is 15.8. The van der Waals surface area contributed by atoms with E-state index in [9.17, 15) is 14.4 Å². The molecule has 0 aliphatic carbocycles. The average molecular weight is 423 g/mol. The lowest BCUT2D eigenvalue weighted by Gasteiger charge is -2.11. The molecule has 1 amide bonds. The van der Waals surface area contributed by atoms with E-state index in [-0.39, 0.29) is 24.7 Å². The molecule has 7 nitrogen and oxygen atoms in total. The summed E-state index contributed by atoms with van der Waals surface area (Å²) >= 11 is 0. The van der Waals surface area contributed by atoms with Crippen molar-refractivity contribution in [2.75, 3.05) is 13.2 Å². The van der Waals surface area contributed by atoms with Crippen molar-refractivity contribution in [1.29, 1.82) is 0 Å². The van der Waals surface area contributed by atoms with Crippen molar-refractivity contribution in [3.05, 3.63) is 65.9 Å². The van der Waals surface area contributed by atoms with Crippen LogP contribution in [-0.4, -0.2) is 30.9 Å². The fourth-order valence-electron chi connectivity index (χ4n) is 3.05. The molecular formula is C24H25NO6. The van der Waals surface area contributed by atoms with Crippen LogP contribution in [0.25, 0.3) is 11.0 Å². The molecule has 0 bridgehead atoms. The zero-order valence-electron chi connectivity index (χ0n) is 17.6. The highest BCUT2D eigenvalue weighted by Crippen LogP contribution is 2.23. The van der Waals surface area contributed by atoms with Crippen molar-refractivity contribution < 1.29 is 28.3 Å². The van der Waals surface area contributed by atoms with Gasteiger partial charge in [-0.2, -0.15) is 0 Å². The Morgan fingerprint density at radius 2 is 1.77 bits per heavy atom. The number of hydrogen-bond donors (Lipinski definition) is 1. The Bertz CT molecular complexity index is 1020. The number of carbonyl (C=O) groups is 3. The zero-order valence-corrected chi connectivity index (χ0v) is 17.6. The SMILES string of the molecule is CCOc1ccc(C(=O)CCC(=O)OCC(=O)N[C@H](C)c2cc3ccccc3o2)cc1. The van der Waals surface area contributed by atoms with Crippen LogP contribution >= 0.6 is 0 Å². The summed E-state index contributed by atoms with van der Waals surface area (Å²) in [4.78, 5) is 36.2. The van der Waals surface area contributed by atoms with Crippen LogP contribution in [0.2, 0.25) is 0 Å². The van der Waals surface area contributed by atoms with Crippen molar-refractivity contribution in [3.63, 3.8) is 0 Å². The van der Waals surface area contributed by atoms with Gasteiger partial charge in [0.1, 0.15) is 17.1 Å². The van der Waals surface area contributed by atoms with Gasteiger partial charge in [-0.05, 0) is 50.2 Å². The average Bonchev–Trinajstić information content (AvgIpc) is 3.21. The number of benzene rings is 2. The van der Waals surface area contributed by atoms with Crippen molar-refractivity contribution in [2.45, 2.75) is 32.7 Å². The number of furan rings is 1. The molecular weight excluding hydrogens is 398 g/mol. The molecule has 1 heterocycles. The predicted molar refractivity (Wildman–Crippen MR) is 115 cm³/mol. The number of esters is 1. The van der Waals surface area contributed by atoms with E-state index in [1.165, 1.54) is 0 Å². The fraction of sp³-hybridized carbons (Fsp3) is 0.292. The molecule has 31 heavy (non-hydrogen) atoms. The smallest absolute Gasteiger partial charge is 0.306 e. The van der Waals surface area contributed by atoms with Crippen LogP contribution < -0.4 is 10.1 Å². The van der Waals surface area contributed by atoms with Crippen molar-refractivity contribution >= 4 is 28.6 Å². The maximum atomic E-state index is 12.2. The molecule has 1 aromatic heterocycles. The molecule has 0 aliphatic rings. The summed E-state index contributed by atoms with van der Waals surface area (Å²) in [7, 11) is 0. The number of Topliss-reactive ketones (excluding diaryl/α,β-unsaturated/α-hetero) is 1. The first-order valence-corrected chi connectivity index (χ1v) is 10.2. The molecule has 0 fully saturated rings. The summed E-state index contributed by atoms with van der Waals surface area (Å²) in [5.74, 6) is 0.0658. The van der Waals surface area contributed by atoms with Crippen LogP contribution in [0.3, 0.4) is 0 Å². The lowest BCUT2D eigenvalue weighted by atomic mass is 10.1. The number of amides is 1. The number of ketones is 1. The van der Waals surface area contributed by atoms with Crippen molar-refractivity contribution in [3.8, 4) is 5.75 Å². The van der Waals surface area contributed by atoms with Gasteiger partial charge in [0.2, 0.25) is 0 Å². The number of rotatable bonds is 10. The molecule has 0 aliphatic heterocycles. The third kappa shape index (κ3) is 6.18. The monoisotopic (exact) mass is 423 g/mol. The van der Waals surface area contributed by atoms with Gasteiger partial charge < -0.3 is 19.2 Å². The topological polar surface area (TPSA) is 94.8 Å². The third-order valence-electron chi connectivity index (χ3n) is 4.66. The molecule has 3 aromatic rings. The van der Waals surface area contributed by atoms with Crippen LogP contribution in [0.1, 0.15) is 48.8 Å². The molecule has 3 rings (SSSR count). The van der Waals surface area contributed by atoms with Gasteiger partial charge in [0.05, 0.1) is 19.1 Å². The number of carbonyl (C=O) groups excluding carboxylic acids is 3. The Hall–Kier alpha value is -3.61. The quantitative estimate of drug-likeness (QED) is 0.388. The number of hydrogen-bond acceptors (Lipinski definition) is 6. The predicted octanol–water partition coefficient (Wildman–Crippen LogP) is 4.22. The minimum atomic E-state index is -0.606. The van der Waals surface area contributed by atoms with E-state index >= 15 is 0 Å². The normalized spacial score (nSPS) is 11.7. The van der Waals surface area contributed by atoms with E-state index < -0.39 is 18.5 Å². The summed E-state index contributed by atoms with van der Waals surface area (Å²) in [5, 5.41) is 3.68. The number of para-hydroxylation sites is 1. The second-order valence-electron chi connectivity index (χ2n) is 7.02. The summed E-state index contributed by atoms with van der Waals surface area (Å²) in [5.41, 5.74) is 1.23. The summed E-state index contributed by atoms with van der Waals surface area (Å²) in [6.07, 6.45) is -0.0950. The first-order chi connectivity index (χ1) is 15.0. The highest BCUT2D eigenvalue weighted by atomic mass is 16.5. The lowest BCUT2D eigenvalue weighted by molar-refractivity contribution is -0.148. The highest BCUT2D eigenvalue weighted by Gasteiger charge is 2.16. The Balaban J connectivity index is 1.40. The molecule has 0 unspecified atom stereocenters. The first-order valence-electron chi connectivity index (χ1n) is 10.2. The Morgan fingerprint density at radius 1 is 1.03 bits per heavy atom. The van der Waals surface area contributed by atoms with Crippen molar-refractivity contribution in [1.82, 2.24) is 5.32 Å². The number of ether oxygens (including phenoxy) is 2. The van der Waals surface area contributed by atoms with Gasteiger partial charge in [-0.1, -0.05) is 18.2 Å². The molecule has 1 atom stereocenters. The molecule has 7 heteroatoms. The van der Waals surface area contributed by atoms with Crippen LogP contribution in [0.5, 0.6) is 5.75 Å². The summed E-state index contributed by atoms with van der Waals surface area (Å²) < 4.78 is 16.0. The van der Waals surface area contributed by atoms with E-state index in [1.54, 1.807) is 31.2 Å². The Morgan fingerprint density at radius 3 is 2.48 bits per heavy atom. The van der Waals surface area contributed by atoms with Crippen LogP contribution in [0.15, 0.2) is 59.0 Å². The Kier molecular flexibility index (Phi) is 7.43. The van der Waals surface area contributed by atoms with Crippen LogP contribution in [0, 0.1) is 0 Å². The number of nitrogens with one attached hydrogen (secondary N) is 1. The maximum absolute atomic E-state index is 12.2. The maximum Gasteiger partial charge on any atom is 0.306 e. The molecule has 0 saturated carbocycles. The van der Waals surface area contributed by atoms with Gasteiger partial charge in [-0.25, -0.2) is 0 Å². The zero-order chi connectivity index (χ0) is 22.2. The second-order valence-corrected chi connectivity index (χ2v) is 7.02. The van der Waals surface area contributed by atoms with E-state index in [2.05, 4.69) is 5.32 Å². The highest BCUT2D eigenvalue weighted by molar-refractivity contribution is 5.97. The van der Waals surface area contributed by atoms with Gasteiger partial charge in [-0.3, -0.25) is 14.4 Å². The standard InChI is InChI=1S/C24H25NO6/c1-3-29-19-10-8-17(9-11-19)20(26)12-13-24(28)30-15-23(27)25-16(2)22-14-18-6-4-5-7-21(18)31-22/h4-11,14,16H,3,12-13,15H2,1-2H3,(H,25,27)/t16-/m1/s1. The van der Waals surface area contributed by atoms with E-state index in [0.717, 1.165) is 11.0 Å². The van der Waals surface area contributed by atoms with Crippen LogP contribution in [0.4, 0.5) is 0 Å². The lowest BCUT2D eigenvalue weighted by Crippen LogP contribution is -2.31. The first kappa shape index (κ1) is 22.1. The largest absolute Gasteiger partial charge is 0.494 e. The van der Waals surface area contributed by atoms with Crippen molar-refractivity contribution in [2.24, 2.45) is 0 Å². The minimum absolute atomic E-state index is 0.00379. The fourth-order valence-corrected chi connectivity index (χ4v) is 3.05. The third-order valence-corrected chi connectivity index (χ3v) is 4.66.